The van der Waals surface area contributed by atoms with Crippen LogP contribution in [0, 0.1) is 20.8 Å². The molecule has 5 nitrogen and oxygen atoms in total. The van der Waals surface area contributed by atoms with Gasteiger partial charge < -0.3 is 10.4 Å². The van der Waals surface area contributed by atoms with Crippen LogP contribution in [0.5, 0.6) is 0 Å². The van der Waals surface area contributed by atoms with Crippen LogP contribution in [0.2, 0.25) is 0 Å². The van der Waals surface area contributed by atoms with E-state index in [-0.39, 0.29) is 11.2 Å². The second-order valence-electron chi connectivity index (χ2n) is 8.84. The number of hydrogen-bond donors (Lipinski definition) is 2. The summed E-state index contributed by atoms with van der Waals surface area (Å²) < 4.78 is 0. The molecular weight excluding hydrogens is 444 g/mol. The van der Waals surface area contributed by atoms with Crippen molar-refractivity contribution in [1.29, 1.82) is 0 Å². The topological polar surface area (TPSA) is 78.8 Å². The van der Waals surface area contributed by atoms with E-state index in [9.17, 15) is 9.59 Å². The van der Waals surface area contributed by atoms with Crippen LogP contribution in [-0.2, 0) is 16.0 Å². The molecule has 0 aromatic heterocycles. The lowest BCUT2D eigenvalue weighted by atomic mass is 9.93. The Morgan fingerprint density at radius 1 is 1.03 bits per heavy atom. The number of thioether (sulfide) groups is 1. The van der Waals surface area contributed by atoms with Gasteiger partial charge in [0, 0.05) is 0 Å². The second-order valence-corrected chi connectivity index (χ2v) is 10.0. The van der Waals surface area contributed by atoms with Crippen LogP contribution < -0.4 is 5.32 Å². The van der Waals surface area contributed by atoms with Crippen molar-refractivity contribution < 1.29 is 14.7 Å². The summed E-state index contributed by atoms with van der Waals surface area (Å²) in [5.41, 5.74) is 8.75. The molecule has 174 valence electrons. The summed E-state index contributed by atoms with van der Waals surface area (Å²) in [7, 11) is 0. The number of carbonyl (C=O) groups is 2. The largest absolute Gasteiger partial charge is 0.481 e. The van der Waals surface area contributed by atoms with Gasteiger partial charge in [0.05, 0.1) is 16.9 Å². The number of aliphatic carboxylic acids is 1. The number of nitrogens with one attached hydrogen (secondary N) is 1. The predicted molar refractivity (Wildman–Crippen MR) is 139 cm³/mol. The predicted octanol–water partition coefficient (Wildman–Crippen LogP) is 5.93. The third-order valence-corrected chi connectivity index (χ3v) is 7.19. The van der Waals surface area contributed by atoms with Crippen molar-refractivity contribution in [2.45, 2.75) is 45.3 Å². The van der Waals surface area contributed by atoms with Crippen molar-refractivity contribution in [3.63, 3.8) is 0 Å². The standard InChI is InChI=1S/C28H28N2O3S/c1-16-13-17(2)25(18(3)14-16)22-7-5-20(6-8-22)15-24-26(31)30-28(34-24)29-23-11-9-21(10-12-23)19(4)27(32)33/h5-14,19,24H,15H2,1-4H3,(H,32,33)(H,29,30,31). The van der Waals surface area contributed by atoms with Crippen molar-refractivity contribution in [1.82, 2.24) is 5.32 Å². The molecule has 2 N–H and O–H groups in total. The van der Waals surface area contributed by atoms with Crippen LogP contribution in [0.15, 0.2) is 65.7 Å². The summed E-state index contributed by atoms with van der Waals surface area (Å²) in [5, 5.41) is 12.3. The summed E-state index contributed by atoms with van der Waals surface area (Å²) in [6.45, 7) is 8.05. The van der Waals surface area contributed by atoms with Crippen molar-refractivity contribution in [2.24, 2.45) is 4.99 Å². The van der Waals surface area contributed by atoms with E-state index < -0.39 is 11.9 Å². The van der Waals surface area contributed by atoms with Gasteiger partial charge in [0.1, 0.15) is 0 Å². The number of aryl methyl sites for hydroxylation is 3. The van der Waals surface area contributed by atoms with Crippen molar-refractivity contribution in [2.75, 3.05) is 0 Å². The molecule has 0 saturated carbocycles. The maximum Gasteiger partial charge on any atom is 0.310 e. The number of carbonyl (C=O) groups excluding carboxylic acids is 1. The molecule has 3 aromatic carbocycles. The van der Waals surface area contributed by atoms with E-state index in [1.54, 1.807) is 31.2 Å². The van der Waals surface area contributed by atoms with E-state index in [0.717, 1.165) is 11.1 Å². The summed E-state index contributed by atoms with van der Waals surface area (Å²) in [6, 6.07) is 19.9. The number of carboxylic acid groups (broad SMARTS) is 1. The van der Waals surface area contributed by atoms with Gasteiger partial charge >= 0.3 is 5.97 Å². The van der Waals surface area contributed by atoms with Crippen LogP contribution in [0.25, 0.3) is 11.1 Å². The molecule has 0 aliphatic carbocycles. The van der Waals surface area contributed by atoms with E-state index in [4.69, 9.17) is 5.11 Å². The van der Waals surface area contributed by atoms with E-state index in [2.05, 4.69) is 67.5 Å². The Morgan fingerprint density at radius 2 is 1.65 bits per heavy atom. The summed E-state index contributed by atoms with van der Waals surface area (Å²) in [5.74, 6) is -1.48. The Morgan fingerprint density at radius 3 is 2.24 bits per heavy atom. The number of nitrogens with zero attached hydrogens (tertiary/aromatic N) is 1. The maximum absolute atomic E-state index is 12.5. The van der Waals surface area contributed by atoms with Gasteiger partial charge in [0.2, 0.25) is 5.91 Å². The maximum atomic E-state index is 12.5. The molecular formula is C28H28N2O3S. The van der Waals surface area contributed by atoms with E-state index in [0.29, 0.717) is 17.3 Å². The minimum Gasteiger partial charge on any atom is -0.481 e. The van der Waals surface area contributed by atoms with Gasteiger partial charge in [-0.2, -0.15) is 0 Å². The highest BCUT2D eigenvalue weighted by atomic mass is 32.2. The molecule has 1 aliphatic heterocycles. The molecule has 1 amide bonds. The monoisotopic (exact) mass is 472 g/mol. The van der Waals surface area contributed by atoms with Crippen LogP contribution in [0.1, 0.15) is 40.7 Å². The highest BCUT2D eigenvalue weighted by Crippen LogP contribution is 2.30. The first-order chi connectivity index (χ1) is 16.2. The highest BCUT2D eigenvalue weighted by molar-refractivity contribution is 8.15. The Balaban J connectivity index is 1.44. The van der Waals surface area contributed by atoms with Gasteiger partial charge in [-0.3, -0.25) is 9.59 Å². The van der Waals surface area contributed by atoms with Gasteiger partial charge in [0.15, 0.2) is 5.17 Å². The normalized spacial score (nSPS) is 17.6. The smallest absolute Gasteiger partial charge is 0.310 e. The number of benzene rings is 3. The summed E-state index contributed by atoms with van der Waals surface area (Å²) in [6.07, 6.45) is 0.622. The summed E-state index contributed by atoms with van der Waals surface area (Å²) >= 11 is 1.43. The Labute approximate surface area is 204 Å². The fourth-order valence-electron chi connectivity index (χ4n) is 4.35. The zero-order valence-electron chi connectivity index (χ0n) is 19.8. The Bertz CT molecular complexity index is 1240. The molecule has 1 heterocycles. The molecule has 2 atom stereocenters. The number of amidine groups is 1. The van der Waals surface area contributed by atoms with Gasteiger partial charge in [-0.25, -0.2) is 4.99 Å². The molecule has 1 saturated heterocycles. The average Bonchev–Trinajstić information content (AvgIpc) is 3.12. The van der Waals surface area contributed by atoms with Gasteiger partial charge in [-0.05, 0) is 79.6 Å². The number of rotatable bonds is 6. The first kappa shape index (κ1) is 23.8. The first-order valence-electron chi connectivity index (χ1n) is 11.3. The molecule has 4 rings (SSSR count). The molecule has 0 bridgehead atoms. The van der Waals surface area contributed by atoms with Crippen LogP contribution in [0.3, 0.4) is 0 Å². The quantitative estimate of drug-likeness (QED) is 0.466. The zero-order valence-corrected chi connectivity index (χ0v) is 20.6. The fraction of sp³-hybridized carbons (Fsp3) is 0.250. The highest BCUT2D eigenvalue weighted by Gasteiger charge is 2.30. The minimum atomic E-state index is -0.863. The number of hydrogen-bond acceptors (Lipinski definition) is 4. The lowest BCUT2D eigenvalue weighted by Crippen LogP contribution is -2.25. The molecule has 1 aliphatic rings. The van der Waals surface area contributed by atoms with Gasteiger partial charge in [0.25, 0.3) is 0 Å². The molecule has 2 unspecified atom stereocenters. The van der Waals surface area contributed by atoms with E-state index in [1.165, 1.54) is 39.6 Å². The third kappa shape index (κ3) is 5.23. The van der Waals surface area contributed by atoms with E-state index >= 15 is 0 Å². The second kappa shape index (κ2) is 9.85. The Hall–Kier alpha value is -3.38. The van der Waals surface area contributed by atoms with Crippen LogP contribution in [0.4, 0.5) is 5.69 Å². The molecule has 34 heavy (non-hydrogen) atoms. The van der Waals surface area contributed by atoms with Crippen molar-refractivity contribution >= 4 is 34.5 Å². The van der Waals surface area contributed by atoms with Gasteiger partial charge in [-0.1, -0.05) is 65.9 Å². The SMILES string of the molecule is Cc1cc(C)c(-c2ccc(CC3SC(=Nc4ccc(C(C)C(=O)O)cc4)NC3=O)cc2)c(C)c1. The van der Waals surface area contributed by atoms with Crippen LogP contribution in [-0.4, -0.2) is 27.4 Å². The fourth-order valence-corrected chi connectivity index (χ4v) is 5.38. The Kier molecular flexibility index (Phi) is 6.89. The molecule has 6 heteroatoms. The van der Waals surface area contributed by atoms with Crippen molar-refractivity contribution in [3.05, 3.63) is 88.5 Å². The molecule has 0 radical (unpaired) electrons. The van der Waals surface area contributed by atoms with Crippen LogP contribution >= 0.6 is 11.8 Å². The number of carboxylic acids is 1. The molecule has 1 fully saturated rings. The minimum absolute atomic E-state index is 0.0471. The summed E-state index contributed by atoms with van der Waals surface area (Å²) in [4.78, 5) is 28.2. The number of amides is 1. The first-order valence-corrected chi connectivity index (χ1v) is 12.2. The zero-order chi connectivity index (χ0) is 24.4. The number of aliphatic imine (C=N–C) groups is 1. The third-order valence-electron chi connectivity index (χ3n) is 6.11. The average molecular weight is 473 g/mol. The van der Waals surface area contributed by atoms with Crippen molar-refractivity contribution in [3.8, 4) is 11.1 Å². The molecule has 3 aromatic rings. The molecule has 0 spiro atoms. The van der Waals surface area contributed by atoms with Gasteiger partial charge in [-0.15, -0.1) is 0 Å². The van der Waals surface area contributed by atoms with E-state index in [1.807, 2.05) is 0 Å². The lowest BCUT2D eigenvalue weighted by Gasteiger charge is -2.13. The lowest BCUT2D eigenvalue weighted by molar-refractivity contribution is -0.138.